The Morgan fingerprint density at radius 2 is 2.04 bits per heavy atom. The molecule has 1 atom stereocenters. The van der Waals surface area contributed by atoms with Gasteiger partial charge in [0, 0.05) is 43.6 Å². The fraction of sp³-hybridized carbons (Fsp3) is 0.368. The normalized spacial score (nSPS) is 17.8. The Bertz CT molecular complexity index is 814. The van der Waals surface area contributed by atoms with Crippen molar-refractivity contribution in [3.05, 3.63) is 47.8 Å². The molecule has 1 saturated heterocycles. The molecule has 1 fully saturated rings. The molecule has 1 aromatic carbocycles. The lowest BCUT2D eigenvalue weighted by Gasteiger charge is -2.39. The summed E-state index contributed by atoms with van der Waals surface area (Å²) >= 11 is 0. The summed E-state index contributed by atoms with van der Waals surface area (Å²) < 4.78 is 0. The average molecular weight is 350 g/mol. The summed E-state index contributed by atoms with van der Waals surface area (Å²) in [5.74, 6) is 0.606. The summed E-state index contributed by atoms with van der Waals surface area (Å²) in [6, 6.07) is 9.55. The first-order valence-corrected chi connectivity index (χ1v) is 8.70. The first kappa shape index (κ1) is 17.8. The predicted molar refractivity (Wildman–Crippen MR) is 99.6 cm³/mol. The highest BCUT2D eigenvalue weighted by molar-refractivity contribution is 5.96. The Hall–Kier alpha value is -2.98. The predicted octanol–water partition coefficient (Wildman–Crippen LogP) is 2.02. The number of nitrogens with one attached hydrogen (secondary N) is 1. The van der Waals surface area contributed by atoms with Crippen LogP contribution >= 0.6 is 0 Å². The topological polar surface area (TPSA) is 85.2 Å². The molecule has 0 radical (unpaired) electrons. The second-order valence-corrected chi connectivity index (χ2v) is 6.33. The summed E-state index contributed by atoms with van der Waals surface area (Å²) in [5.41, 5.74) is 2.18. The van der Waals surface area contributed by atoms with E-state index in [2.05, 4.69) is 33.2 Å². The summed E-state index contributed by atoms with van der Waals surface area (Å²) in [5, 5.41) is 12.4. The summed E-state index contributed by atoms with van der Waals surface area (Å²) in [7, 11) is 0. The minimum absolute atomic E-state index is 0.00371. The van der Waals surface area contributed by atoms with Crippen molar-refractivity contribution >= 4 is 17.5 Å². The molecular formula is C19H22N6O. The molecular weight excluding hydrogens is 328 g/mol. The molecule has 26 heavy (non-hydrogen) atoms. The molecule has 3 rings (SSSR count). The van der Waals surface area contributed by atoms with Gasteiger partial charge in [-0.15, -0.1) is 0 Å². The van der Waals surface area contributed by atoms with Crippen LogP contribution in [0.15, 0.2) is 36.7 Å². The summed E-state index contributed by atoms with van der Waals surface area (Å²) in [6.07, 6.45) is 3.58. The van der Waals surface area contributed by atoms with E-state index < -0.39 is 0 Å². The molecule has 0 saturated carbocycles. The third kappa shape index (κ3) is 3.81. The van der Waals surface area contributed by atoms with Crippen molar-refractivity contribution in [1.29, 1.82) is 5.26 Å². The van der Waals surface area contributed by atoms with Crippen LogP contribution in [0.4, 0.5) is 11.6 Å². The number of hydrogen-bond acceptors (Lipinski definition) is 6. The second kappa shape index (κ2) is 7.93. The molecule has 2 heterocycles. The third-order valence-corrected chi connectivity index (χ3v) is 4.45. The van der Waals surface area contributed by atoms with Crippen molar-refractivity contribution in [2.24, 2.45) is 0 Å². The van der Waals surface area contributed by atoms with Gasteiger partial charge in [0.15, 0.2) is 0 Å². The van der Waals surface area contributed by atoms with Gasteiger partial charge >= 0.3 is 0 Å². The van der Waals surface area contributed by atoms with Crippen molar-refractivity contribution in [1.82, 2.24) is 14.9 Å². The maximum absolute atomic E-state index is 12.7. The van der Waals surface area contributed by atoms with E-state index in [1.807, 2.05) is 25.1 Å². The SMILES string of the molecule is CCNc1ncc(CN2CC(=O)N(c3ccccc3C#N)C[C@H]2C)cn1. The lowest BCUT2D eigenvalue weighted by Crippen LogP contribution is -2.55. The number of rotatable bonds is 5. The van der Waals surface area contributed by atoms with E-state index in [1.165, 1.54) is 0 Å². The fourth-order valence-electron chi connectivity index (χ4n) is 3.06. The van der Waals surface area contributed by atoms with Gasteiger partial charge in [0.05, 0.1) is 17.8 Å². The number of carbonyl (C=O) groups excluding carboxylic acids is 1. The molecule has 0 unspecified atom stereocenters. The maximum Gasteiger partial charge on any atom is 0.241 e. The summed E-state index contributed by atoms with van der Waals surface area (Å²) in [6.45, 7) is 6.32. The monoisotopic (exact) mass is 350 g/mol. The van der Waals surface area contributed by atoms with Crippen LogP contribution in [0, 0.1) is 11.3 Å². The van der Waals surface area contributed by atoms with Crippen molar-refractivity contribution in [2.45, 2.75) is 26.4 Å². The van der Waals surface area contributed by atoms with Crippen LogP contribution in [0.5, 0.6) is 0 Å². The highest BCUT2D eigenvalue weighted by Crippen LogP contribution is 2.24. The van der Waals surface area contributed by atoms with Crippen molar-refractivity contribution in [3.8, 4) is 6.07 Å². The number of anilines is 2. The van der Waals surface area contributed by atoms with Gasteiger partial charge in [-0.05, 0) is 26.0 Å². The van der Waals surface area contributed by atoms with Gasteiger partial charge in [0.2, 0.25) is 11.9 Å². The van der Waals surface area contributed by atoms with Gasteiger partial charge in [0.25, 0.3) is 0 Å². The lowest BCUT2D eigenvalue weighted by atomic mass is 10.1. The van der Waals surface area contributed by atoms with Crippen LogP contribution in [-0.4, -0.2) is 46.5 Å². The second-order valence-electron chi connectivity index (χ2n) is 6.33. The van der Waals surface area contributed by atoms with E-state index in [4.69, 9.17) is 0 Å². The van der Waals surface area contributed by atoms with Crippen molar-refractivity contribution in [3.63, 3.8) is 0 Å². The minimum atomic E-state index is -0.00371. The third-order valence-electron chi connectivity index (χ3n) is 4.45. The number of aromatic nitrogens is 2. The van der Waals surface area contributed by atoms with Crippen molar-refractivity contribution < 1.29 is 4.79 Å². The standard InChI is InChI=1S/C19H22N6O/c1-3-21-19-22-9-15(10-23-19)12-24-13-18(26)25(11-14(24)2)17-7-5-4-6-16(17)8-20/h4-7,9-10,14H,3,11-13H2,1-2H3,(H,21,22,23)/t14-/m1/s1. The molecule has 7 nitrogen and oxygen atoms in total. The molecule has 1 aromatic heterocycles. The average Bonchev–Trinajstić information content (AvgIpc) is 2.66. The van der Waals surface area contributed by atoms with Crippen molar-refractivity contribution in [2.75, 3.05) is 29.9 Å². The van der Waals surface area contributed by atoms with Gasteiger partial charge in [-0.25, -0.2) is 9.97 Å². The Balaban J connectivity index is 1.70. The number of carbonyl (C=O) groups is 1. The van der Waals surface area contributed by atoms with E-state index in [9.17, 15) is 10.1 Å². The molecule has 0 aliphatic carbocycles. The Morgan fingerprint density at radius 3 is 2.73 bits per heavy atom. The van der Waals surface area contributed by atoms with E-state index in [0.29, 0.717) is 36.8 Å². The van der Waals surface area contributed by atoms with Gasteiger partial charge in [-0.3, -0.25) is 9.69 Å². The Morgan fingerprint density at radius 1 is 1.31 bits per heavy atom. The lowest BCUT2D eigenvalue weighted by molar-refractivity contribution is -0.122. The largest absolute Gasteiger partial charge is 0.355 e. The maximum atomic E-state index is 12.7. The highest BCUT2D eigenvalue weighted by Gasteiger charge is 2.31. The first-order chi connectivity index (χ1) is 12.6. The zero-order valence-electron chi connectivity index (χ0n) is 15.0. The molecule has 1 aliphatic heterocycles. The van der Waals surface area contributed by atoms with Crippen LogP contribution in [0.25, 0.3) is 0 Å². The Labute approximate surface area is 153 Å². The van der Waals surface area contributed by atoms with Crippen LogP contribution < -0.4 is 10.2 Å². The van der Waals surface area contributed by atoms with Gasteiger partial charge in [-0.1, -0.05) is 12.1 Å². The molecule has 2 aromatic rings. The van der Waals surface area contributed by atoms with E-state index in [1.54, 1.807) is 23.4 Å². The van der Waals surface area contributed by atoms with Crippen LogP contribution in [0.3, 0.4) is 0 Å². The van der Waals surface area contributed by atoms with Crippen LogP contribution in [0.1, 0.15) is 25.0 Å². The number of piperazine rings is 1. The Kier molecular flexibility index (Phi) is 5.44. The van der Waals surface area contributed by atoms with E-state index >= 15 is 0 Å². The zero-order valence-corrected chi connectivity index (χ0v) is 15.0. The fourth-order valence-corrected chi connectivity index (χ4v) is 3.06. The first-order valence-electron chi connectivity index (χ1n) is 8.70. The van der Waals surface area contributed by atoms with Crippen LogP contribution in [0.2, 0.25) is 0 Å². The zero-order chi connectivity index (χ0) is 18.5. The van der Waals surface area contributed by atoms with Gasteiger partial charge in [-0.2, -0.15) is 5.26 Å². The molecule has 7 heteroatoms. The molecule has 1 amide bonds. The highest BCUT2D eigenvalue weighted by atomic mass is 16.2. The smallest absolute Gasteiger partial charge is 0.241 e. The van der Waals surface area contributed by atoms with Gasteiger partial charge < -0.3 is 10.2 Å². The number of benzene rings is 1. The van der Waals surface area contributed by atoms with Gasteiger partial charge in [0.1, 0.15) is 6.07 Å². The van der Waals surface area contributed by atoms with E-state index in [-0.39, 0.29) is 11.9 Å². The number of para-hydroxylation sites is 1. The minimum Gasteiger partial charge on any atom is -0.355 e. The summed E-state index contributed by atoms with van der Waals surface area (Å²) in [4.78, 5) is 25.1. The molecule has 0 bridgehead atoms. The molecule has 1 aliphatic rings. The number of nitriles is 1. The molecule has 134 valence electrons. The molecule has 1 N–H and O–H groups in total. The number of hydrogen-bond donors (Lipinski definition) is 1. The van der Waals surface area contributed by atoms with Crippen LogP contribution in [-0.2, 0) is 11.3 Å². The van der Waals surface area contributed by atoms with E-state index in [0.717, 1.165) is 12.1 Å². The molecule has 0 spiro atoms. The number of amides is 1. The number of nitrogens with zero attached hydrogens (tertiary/aromatic N) is 5. The quantitative estimate of drug-likeness (QED) is 0.888.